The second-order valence-corrected chi connectivity index (χ2v) is 4.34. The summed E-state index contributed by atoms with van der Waals surface area (Å²) in [5.41, 5.74) is 0.0348. The lowest BCUT2D eigenvalue weighted by atomic mass is 10.2. The highest BCUT2D eigenvalue weighted by Gasteiger charge is 2.11. The molecule has 0 unspecified atom stereocenters. The molecule has 4 heteroatoms. The molecular formula is C10H10FIO2. The van der Waals surface area contributed by atoms with Crippen LogP contribution >= 0.6 is 22.6 Å². The first-order valence-corrected chi connectivity index (χ1v) is 5.23. The molecule has 0 radical (unpaired) electrons. The zero-order chi connectivity index (χ0) is 10.7. The molecule has 1 aromatic rings. The highest BCUT2D eigenvalue weighted by molar-refractivity contribution is 14.1. The smallest absolute Gasteiger partial charge is 0.175 e. The van der Waals surface area contributed by atoms with E-state index in [2.05, 4.69) is 0 Å². The molecule has 1 aromatic carbocycles. The average molecular weight is 308 g/mol. The van der Waals surface area contributed by atoms with E-state index in [1.54, 1.807) is 19.9 Å². The molecule has 2 nitrogen and oxygen atoms in total. The van der Waals surface area contributed by atoms with Crippen molar-refractivity contribution in [2.75, 3.05) is 0 Å². The molecule has 0 aliphatic carbocycles. The Labute approximate surface area is 95.6 Å². The fourth-order valence-electron chi connectivity index (χ4n) is 1.01. The van der Waals surface area contributed by atoms with Crippen molar-refractivity contribution < 1.29 is 13.9 Å². The largest absolute Gasteiger partial charge is 0.488 e. The van der Waals surface area contributed by atoms with Crippen molar-refractivity contribution in [3.8, 4) is 5.75 Å². The summed E-state index contributed by atoms with van der Waals surface area (Å²) >= 11 is 2.01. The van der Waals surface area contributed by atoms with Crippen LogP contribution in [-0.2, 0) is 0 Å². The highest BCUT2D eigenvalue weighted by Crippen LogP contribution is 2.24. The van der Waals surface area contributed by atoms with Gasteiger partial charge in [0.15, 0.2) is 17.9 Å². The van der Waals surface area contributed by atoms with E-state index in [0.717, 1.165) is 3.57 Å². The second kappa shape index (κ2) is 4.72. The number of rotatable bonds is 3. The van der Waals surface area contributed by atoms with E-state index in [-0.39, 0.29) is 17.4 Å². The van der Waals surface area contributed by atoms with Crippen LogP contribution < -0.4 is 4.74 Å². The molecule has 14 heavy (non-hydrogen) atoms. The van der Waals surface area contributed by atoms with Crippen LogP contribution in [0.5, 0.6) is 5.75 Å². The van der Waals surface area contributed by atoms with E-state index >= 15 is 0 Å². The normalized spacial score (nSPS) is 10.4. The summed E-state index contributed by atoms with van der Waals surface area (Å²) in [6.45, 7) is 3.61. The number of hydrogen-bond acceptors (Lipinski definition) is 2. The standard InChI is InChI=1S/C10H10FIO2/c1-6(2)14-9-4-8(12)3-7(5-13)10(9)11/h3-6H,1-2H3. The van der Waals surface area contributed by atoms with Gasteiger partial charge in [-0.3, -0.25) is 4.79 Å². The van der Waals surface area contributed by atoms with Crippen LogP contribution in [0.1, 0.15) is 24.2 Å². The monoisotopic (exact) mass is 308 g/mol. The van der Waals surface area contributed by atoms with Crippen molar-refractivity contribution in [1.82, 2.24) is 0 Å². The van der Waals surface area contributed by atoms with Gasteiger partial charge in [0.25, 0.3) is 0 Å². The van der Waals surface area contributed by atoms with Crippen molar-refractivity contribution in [3.63, 3.8) is 0 Å². The minimum Gasteiger partial charge on any atom is -0.488 e. The summed E-state index contributed by atoms with van der Waals surface area (Å²) in [6.07, 6.45) is 0.382. The van der Waals surface area contributed by atoms with Gasteiger partial charge in [0.1, 0.15) is 0 Å². The Balaban J connectivity index is 3.15. The van der Waals surface area contributed by atoms with E-state index in [9.17, 15) is 9.18 Å². The maximum atomic E-state index is 13.5. The lowest BCUT2D eigenvalue weighted by Crippen LogP contribution is -2.08. The minimum atomic E-state index is -0.589. The molecule has 0 bridgehead atoms. The molecule has 1 rings (SSSR count). The van der Waals surface area contributed by atoms with Gasteiger partial charge in [-0.2, -0.15) is 0 Å². The first-order valence-electron chi connectivity index (χ1n) is 4.15. The fraction of sp³-hybridized carbons (Fsp3) is 0.300. The SMILES string of the molecule is CC(C)Oc1cc(I)cc(C=O)c1F. The molecule has 0 aromatic heterocycles. The molecule has 0 N–H and O–H groups in total. The van der Waals surface area contributed by atoms with Crippen LogP contribution in [0.25, 0.3) is 0 Å². The number of ether oxygens (including phenoxy) is 1. The number of benzene rings is 1. The number of halogens is 2. The predicted octanol–water partition coefficient (Wildman–Crippen LogP) is 3.03. The van der Waals surface area contributed by atoms with Crippen molar-refractivity contribution in [3.05, 3.63) is 27.1 Å². The molecule has 0 aliphatic heterocycles. The lowest BCUT2D eigenvalue weighted by Gasteiger charge is -2.11. The van der Waals surface area contributed by atoms with Crippen LogP contribution in [0.3, 0.4) is 0 Å². The van der Waals surface area contributed by atoms with Gasteiger partial charge in [0.2, 0.25) is 0 Å². The Hall–Kier alpha value is -0.650. The molecule has 0 aliphatic rings. The zero-order valence-electron chi connectivity index (χ0n) is 7.88. The Bertz CT molecular complexity index is 350. The summed E-state index contributed by atoms with van der Waals surface area (Å²) < 4.78 is 19.5. The van der Waals surface area contributed by atoms with Gasteiger partial charge in [-0.25, -0.2) is 4.39 Å². The average Bonchev–Trinajstić information content (AvgIpc) is 2.09. The summed E-state index contributed by atoms with van der Waals surface area (Å²) in [4.78, 5) is 10.5. The van der Waals surface area contributed by atoms with Crippen LogP contribution in [0.15, 0.2) is 12.1 Å². The predicted molar refractivity (Wildman–Crippen MR) is 60.3 cm³/mol. The van der Waals surface area contributed by atoms with Crippen LogP contribution in [0.4, 0.5) is 4.39 Å². The Kier molecular flexibility index (Phi) is 3.86. The zero-order valence-corrected chi connectivity index (χ0v) is 10.0. The highest BCUT2D eigenvalue weighted by atomic mass is 127. The van der Waals surface area contributed by atoms with Crippen LogP contribution in [0, 0.1) is 9.39 Å². The molecule has 76 valence electrons. The maximum absolute atomic E-state index is 13.5. The van der Waals surface area contributed by atoms with Crippen molar-refractivity contribution >= 4 is 28.9 Å². The first-order chi connectivity index (χ1) is 6.54. The number of carbonyl (C=O) groups excluding carboxylic acids is 1. The molecule has 0 spiro atoms. The molecule has 0 atom stereocenters. The number of carbonyl (C=O) groups is 1. The van der Waals surface area contributed by atoms with E-state index in [0.29, 0.717) is 6.29 Å². The molecule has 0 saturated carbocycles. The molecule has 0 saturated heterocycles. The Morgan fingerprint density at radius 2 is 2.14 bits per heavy atom. The Morgan fingerprint density at radius 1 is 1.50 bits per heavy atom. The fourth-order valence-corrected chi connectivity index (χ4v) is 1.63. The second-order valence-electron chi connectivity index (χ2n) is 3.09. The van der Waals surface area contributed by atoms with E-state index < -0.39 is 5.82 Å². The van der Waals surface area contributed by atoms with E-state index in [1.165, 1.54) is 6.07 Å². The van der Waals surface area contributed by atoms with Gasteiger partial charge in [0, 0.05) is 3.57 Å². The van der Waals surface area contributed by atoms with Gasteiger partial charge in [0.05, 0.1) is 11.7 Å². The van der Waals surface area contributed by atoms with Gasteiger partial charge in [-0.1, -0.05) is 0 Å². The Morgan fingerprint density at radius 3 is 2.64 bits per heavy atom. The van der Waals surface area contributed by atoms with Gasteiger partial charge in [-0.15, -0.1) is 0 Å². The third-order valence-corrected chi connectivity index (χ3v) is 2.14. The molecule has 0 fully saturated rings. The summed E-state index contributed by atoms with van der Waals surface area (Å²) in [7, 11) is 0. The van der Waals surface area contributed by atoms with E-state index in [1.807, 2.05) is 22.6 Å². The lowest BCUT2D eigenvalue weighted by molar-refractivity contribution is 0.111. The summed E-state index contributed by atoms with van der Waals surface area (Å²) in [6, 6.07) is 3.05. The van der Waals surface area contributed by atoms with Crippen LogP contribution in [0.2, 0.25) is 0 Å². The van der Waals surface area contributed by atoms with Crippen molar-refractivity contribution in [2.45, 2.75) is 20.0 Å². The summed E-state index contributed by atoms with van der Waals surface area (Å²) in [5.74, 6) is -0.455. The van der Waals surface area contributed by atoms with Gasteiger partial charge >= 0.3 is 0 Å². The van der Waals surface area contributed by atoms with Gasteiger partial charge in [-0.05, 0) is 48.6 Å². The topological polar surface area (TPSA) is 26.3 Å². The molecule has 0 amide bonds. The number of hydrogen-bond donors (Lipinski definition) is 0. The minimum absolute atomic E-state index is 0.0348. The summed E-state index contributed by atoms with van der Waals surface area (Å²) in [5, 5.41) is 0. The quantitative estimate of drug-likeness (QED) is 0.634. The van der Waals surface area contributed by atoms with Crippen molar-refractivity contribution in [1.29, 1.82) is 0 Å². The third-order valence-electron chi connectivity index (χ3n) is 1.52. The molecular weight excluding hydrogens is 298 g/mol. The first kappa shape index (κ1) is 11.4. The van der Waals surface area contributed by atoms with Gasteiger partial charge < -0.3 is 4.74 Å². The third kappa shape index (κ3) is 2.67. The van der Waals surface area contributed by atoms with Crippen molar-refractivity contribution in [2.24, 2.45) is 0 Å². The maximum Gasteiger partial charge on any atom is 0.175 e. The molecule has 0 heterocycles. The van der Waals surface area contributed by atoms with Crippen LogP contribution in [-0.4, -0.2) is 12.4 Å². The van der Waals surface area contributed by atoms with E-state index in [4.69, 9.17) is 4.74 Å². The number of aldehydes is 1.